The molecular formula is C20H21N3O3S. The maximum absolute atomic E-state index is 12.9. The van der Waals surface area contributed by atoms with Crippen molar-refractivity contribution in [1.29, 1.82) is 0 Å². The Morgan fingerprint density at radius 2 is 2.19 bits per heavy atom. The summed E-state index contributed by atoms with van der Waals surface area (Å²) in [6.45, 7) is 1.52. The highest BCUT2D eigenvalue weighted by Crippen LogP contribution is 2.17. The average molecular weight is 383 g/mol. The number of carbonyl (C=O) groups is 1. The molecule has 3 aromatic rings. The van der Waals surface area contributed by atoms with Crippen LogP contribution in [-0.4, -0.2) is 40.0 Å². The number of aromatic amines is 1. The minimum Gasteiger partial charge on any atom is -0.376 e. The predicted molar refractivity (Wildman–Crippen MR) is 105 cm³/mol. The van der Waals surface area contributed by atoms with Gasteiger partial charge < -0.3 is 14.6 Å². The summed E-state index contributed by atoms with van der Waals surface area (Å²) in [6, 6.07) is 11.1. The van der Waals surface area contributed by atoms with Gasteiger partial charge in [0, 0.05) is 18.0 Å². The van der Waals surface area contributed by atoms with Crippen molar-refractivity contribution in [3.63, 3.8) is 0 Å². The van der Waals surface area contributed by atoms with Crippen molar-refractivity contribution >= 4 is 28.1 Å². The minimum absolute atomic E-state index is 0.0174. The van der Waals surface area contributed by atoms with Gasteiger partial charge in [-0.2, -0.15) is 0 Å². The molecule has 6 nitrogen and oxygen atoms in total. The number of thiophene rings is 1. The quantitative estimate of drug-likeness (QED) is 0.710. The molecule has 1 aliphatic heterocycles. The first-order valence-corrected chi connectivity index (χ1v) is 9.97. The third-order valence-electron chi connectivity index (χ3n) is 4.71. The first kappa shape index (κ1) is 17.9. The number of amides is 1. The fourth-order valence-electron chi connectivity index (χ4n) is 3.35. The van der Waals surface area contributed by atoms with Gasteiger partial charge in [0.05, 0.1) is 30.0 Å². The number of hydrogen-bond donors (Lipinski definition) is 1. The number of carbonyl (C=O) groups excluding carboxylic acids is 1. The number of nitrogens with one attached hydrogen (secondary N) is 1. The van der Waals surface area contributed by atoms with Crippen LogP contribution in [0.4, 0.5) is 0 Å². The second-order valence-corrected chi connectivity index (χ2v) is 7.73. The van der Waals surface area contributed by atoms with Crippen LogP contribution in [-0.2, 0) is 22.5 Å². The van der Waals surface area contributed by atoms with E-state index in [0.717, 1.165) is 24.3 Å². The van der Waals surface area contributed by atoms with E-state index in [0.29, 0.717) is 29.7 Å². The molecule has 1 amide bonds. The fraction of sp³-hybridized carbons (Fsp3) is 0.350. The van der Waals surface area contributed by atoms with E-state index in [4.69, 9.17) is 4.74 Å². The van der Waals surface area contributed by atoms with Crippen molar-refractivity contribution in [2.24, 2.45) is 0 Å². The zero-order chi connectivity index (χ0) is 18.6. The Bertz CT molecular complexity index is 978. The Kier molecular flexibility index (Phi) is 5.31. The van der Waals surface area contributed by atoms with Gasteiger partial charge in [-0.15, -0.1) is 11.3 Å². The smallest absolute Gasteiger partial charge is 0.258 e. The van der Waals surface area contributed by atoms with E-state index in [9.17, 15) is 9.59 Å². The van der Waals surface area contributed by atoms with Gasteiger partial charge in [0.1, 0.15) is 5.82 Å². The summed E-state index contributed by atoms with van der Waals surface area (Å²) in [5.41, 5.74) is 0.456. The van der Waals surface area contributed by atoms with Gasteiger partial charge in [-0.05, 0) is 36.4 Å². The molecule has 1 saturated heterocycles. The van der Waals surface area contributed by atoms with Gasteiger partial charge >= 0.3 is 0 Å². The van der Waals surface area contributed by atoms with Crippen molar-refractivity contribution in [2.75, 3.05) is 13.2 Å². The molecule has 1 aliphatic rings. The highest BCUT2D eigenvalue weighted by molar-refractivity contribution is 7.10. The maximum Gasteiger partial charge on any atom is 0.258 e. The number of H-pyrrole nitrogens is 1. The molecule has 0 unspecified atom stereocenters. The minimum atomic E-state index is -0.182. The van der Waals surface area contributed by atoms with Crippen LogP contribution in [0.2, 0.25) is 0 Å². The second kappa shape index (κ2) is 8.02. The zero-order valence-electron chi connectivity index (χ0n) is 14.9. The topological polar surface area (TPSA) is 75.3 Å². The van der Waals surface area contributed by atoms with E-state index >= 15 is 0 Å². The van der Waals surface area contributed by atoms with E-state index in [1.54, 1.807) is 22.3 Å². The number of nitrogens with zero attached hydrogens (tertiary/aromatic N) is 2. The second-order valence-electron chi connectivity index (χ2n) is 6.70. The lowest BCUT2D eigenvalue weighted by Crippen LogP contribution is -2.38. The summed E-state index contributed by atoms with van der Waals surface area (Å²) in [6.07, 6.45) is 2.36. The first-order chi connectivity index (χ1) is 13.2. The number of fused-ring (bicyclic) bond motifs is 1. The van der Waals surface area contributed by atoms with Crippen LogP contribution >= 0.6 is 11.3 Å². The van der Waals surface area contributed by atoms with Gasteiger partial charge in [-0.25, -0.2) is 4.98 Å². The van der Waals surface area contributed by atoms with Gasteiger partial charge in [0.15, 0.2) is 0 Å². The molecule has 4 rings (SSSR count). The van der Waals surface area contributed by atoms with E-state index in [1.807, 2.05) is 35.7 Å². The van der Waals surface area contributed by atoms with Gasteiger partial charge in [0.2, 0.25) is 5.91 Å². The predicted octanol–water partition coefficient (Wildman–Crippen LogP) is 2.73. The molecule has 140 valence electrons. The standard InChI is InChI=1S/C20H21N3O3S/c24-19(11-15-6-4-10-27-15)23(12-14-5-3-9-26-14)13-18-21-17-8-2-1-7-16(17)20(25)22-18/h1-2,4,6-8,10,14H,3,5,9,11-13H2,(H,21,22,25)/t14-/m0/s1. The molecule has 3 heterocycles. The number of hydrogen-bond acceptors (Lipinski definition) is 5. The van der Waals surface area contributed by atoms with Crippen molar-refractivity contribution in [3.8, 4) is 0 Å². The summed E-state index contributed by atoms with van der Waals surface area (Å²) in [7, 11) is 0. The Hall–Kier alpha value is -2.51. The molecule has 1 aromatic carbocycles. The number of benzene rings is 1. The molecule has 27 heavy (non-hydrogen) atoms. The highest BCUT2D eigenvalue weighted by Gasteiger charge is 2.24. The Labute approximate surface area is 160 Å². The molecule has 1 fully saturated rings. The van der Waals surface area contributed by atoms with Gasteiger partial charge in [-0.3, -0.25) is 9.59 Å². The summed E-state index contributed by atoms with van der Waals surface area (Å²) >= 11 is 1.57. The highest BCUT2D eigenvalue weighted by atomic mass is 32.1. The van der Waals surface area contributed by atoms with Crippen LogP contribution in [0.25, 0.3) is 10.9 Å². The van der Waals surface area contributed by atoms with Crippen LogP contribution < -0.4 is 5.56 Å². The van der Waals surface area contributed by atoms with Crippen molar-refractivity contribution in [2.45, 2.75) is 31.9 Å². The number of para-hydroxylation sites is 1. The summed E-state index contributed by atoms with van der Waals surface area (Å²) in [5, 5.41) is 2.52. The average Bonchev–Trinajstić information content (AvgIpc) is 3.35. The van der Waals surface area contributed by atoms with Gasteiger partial charge in [0.25, 0.3) is 5.56 Å². The molecule has 1 N–H and O–H groups in total. The van der Waals surface area contributed by atoms with Crippen molar-refractivity contribution in [3.05, 3.63) is 62.8 Å². The maximum atomic E-state index is 12.9. The number of rotatable bonds is 6. The first-order valence-electron chi connectivity index (χ1n) is 9.09. The third kappa shape index (κ3) is 4.26. The van der Waals surface area contributed by atoms with Crippen LogP contribution in [0.3, 0.4) is 0 Å². The monoisotopic (exact) mass is 383 g/mol. The Morgan fingerprint density at radius 1 is 1.30 bits per heavy atom. The lowest BCUT2D eigenvalue weighted by Gasteiger charge is -2.25. The van der Waals surface area contributed by atoms with E-state index in [1.165, 1.54) is 0 Å². The van der Waals surface area contributed by atoms with Gasteiger partial charge in [-0.1, -0.05) is 18.2 Å². The largest absolute Gasteiger partial charge is 0.376 e. The Balaban J connectivity index is 1.57. The van der Waals surface area contributed by atoms with E-state index in [-0.39, 0.29) is 24.1 Å². The summed E-state index contributed by atoms with van der Waals surface area (Å²) in [5.74, 6) is 0.514. The SMILES string of the molecule is O=C(Cc1cccs1)N(Cc1nc2ccccc2c(=O)[nH]1)C[C@@H]1CCCO1. The van der Waals surface area contributed by atoms with Crippen LogP contribution in [0, 0.1) is 0 Å². The molecule has 1 atom stereocenters. The lowest BCUT2D eigenvalue weighted by atomic mass is 10.2. The fourth-order valence-corrected chi connectivity index (χ4v) is 4.05. The Morgan fingerprint density at radius 3 is 2.96 bits per heavy atom. The van der Waals surface area contributed by atoms with Crippen molar-refractivity contribution in [1.82, 2.24) is 14.9 Å². The lowest BCUT2D eigenvalue weighted by molar-refractivity contribution is -0.132. The summed E-state index contributed by atoms with van der Waals surface area (Å²) < 4.78 is 5.72. The molecule has 2 aromatic heterocycles. The molecular weight excluding hydrogens is 362 g/mol. The van der Waals surface area contributed by atoms with Crippen LogP contribution in [0.15, 0.2) is 46.6 Å². The zero-order valence-corrected chi connectivity index (χ0v) is 15.7. The van der Waals surface area contributed by atoms with Crippen LogP contribution in [0.1, 0.15) is 23.5 Å². The third-order valence-corrected chi connectivity index (χ3v) is 5.59. The number of aromatic nitrogens is 2. The molecule has 7 heteroatoms. The van der Waals surface area contributed by atoms with E-state index in [2.05, 4.69) is 9.97 Å². The summed E-state index contributed by atoms with van der Waals surface area (Å²) in [4.78, 5) is 35.4. The molecule has 0 radical (unpaired) electrons. The molecule has 0 saturated carbocycles. The molecule has 0 spiro atoms. The molecule has 0 aliphatic carbocycles. The van der Waals surface area contributed by atoms with Crippen LogP contribution in [0.5, 0.6) is 0 Å². The van der Waals surface area contributed by atoms with E-state index < -0.39 is 0 Å². The molecule has 0 bridgehead atoms. The van der Waals surface area contributed by atoms with Crippen molar-refractivity contribution < 1.29 is 9.53 Å². The number of ether oxygens (including phenoxy) is 1. The normalized spacial score (nSPS) is 16.7.